The highest BCUT2D eigenvalue weighted by Gasteiger charge is 2.25. The second-order valence-corrected chi connectivity index (χ2v) is 18.6. The predicted molar refractivity (Wildman–Crippen MR) is 311 cm³/mol. The van der Waals surface area contributed by atoms with Crippen molar-refractivity contribution in [2.45, 2.75) is 6.61 Å². The number of ether oxygens (including phenoxy) is 1. The van der Waals surface area contributed by atoms with Gasteiger partial charge in [-0.2, -0.15) is 0 Å². The molecule has 6 N–H and O–H groups in total. The Bertz CT molecular complexity index is 4190. The van der Waals surface area contributed by atoms with Gasteiger partial charge in [0.1, 0.15) is 64.3 Å². The number of aromatic nitrogens is 2. The smallest absolute Gasteiger partial charge is 0.356 e. The zero-order valence-electron chi connectivity index (χ0n) is 44.6. The van der Waals surface area contributed by atoms with E-state index in [4.69, 9.17) is 31.7 Å². The quantitative estimate of drug-likeness (QED) is 0.0526. The van der Waals surface area contributed by atoms with E-state index in [9.17, 15) is 55.1 Å². The van der Waals surface area contributed by atoms with E-state index in [2.05, 4.69) is 20.6 Å². The van der Waals surface area contributed by atoms with Crippen LogP contribution in [0.2, 0.25) is 5.02 Å². The van der Waals surface area contributed by atoms with Gasteiger partial charge in [-0.1, -0.05) is 127 Å². The minimum Gasteiger partial charge on any atom is -0.489 e. The Morgan fingerprint density at radius 2 is 0.782 bits per heavy atom. The molecule has 87 heavy (non-hydrogen) atoms. The first-order valence-corrected chi connectivity index (χ1v) is 25.8. The number of rotatable bonds is 15. The number of halogens is 7. The summed E-state index contributed by atoms with van der Waals surface area (Å²) in [7, 11) is 0. The summed E-state index contributed by atoms with van der Waals surface area (Å²) in [5.41, 5.74) is -0.870. The Labute approximate surface area is 494 Å². The third-order valence-corrected chi connectivity index (χ3v) is 12.8. The van der Waals surface area contributed by atoms with Gasteiger partial charge in [0.15, 0.2) is 11.4 Å². The van der Waals surface area contributed by atoms with Gasteiger partial charge in [0, 0.05) is 23.0 Å². The van der Waals surface area contributed by atoms with Crippen molar-refractivity contribution in [2.75, 3.05) is 16.0 Å². The van der Waals surface area contributed by atoms with Gasteiger partial charge in [-0.05, 0) is 112 Å². The Morgan fingerprint density at radius 1 is 0.391 bits per heavy atom. The highest BCUT2D eigenvalue weighted by molar-refractivity contribution is 6.33. The standard InChI is InChI=1S/C25H17F2N3O4.C20H12ClF2NO3.C20H13F2NO3/c26-19-12-17(16-7-4-8-18(11-16)34-14-15-5-2-1-3-6-15)13-20(27)21(19)30-24(31)22-23(25(32)33)29-10-9-28-22;21-15-8-4-3-5-12(15)11-9-16(22)18(17(23)10-11)24-19(25)13-6-1-2-7-14(13)20(26)27;21-16-10-13(12-6-2-1-3-7-12)11-17(22)18(16)23-19(24)14-8-4-5-9-15(14)20(25)26/h1-13H,14H2,(H,30,31)(H,32,33);1-10H,(H,24,25)(H,26,27);1-11H,(H,23,24)(H,25,26). The number of nitrogens with one attached hydrogen (secondary N) is 3. The van der Waals surface area contributed by atoms with Crippen LogP contribution in [0.5, 0.6) is 5.75 Å². The van der Waals surface area contributed by atoms with Gasteiger partial charge in [0.2, 0.25) is 0 Å². The zero-order valence-corrected chi connectivity index (χ0v) is 45.3. The monoisotopic (exact) mass is 1200 g/mol. The molecule has 9 aromatic carbocycles. The first kappa shape index (κ1) is 61.6. The third-order valence-electron chi connectivity index (χ3n) is 12.5. The summed E-state index contributed by atoms with van der Waals surface area (Å²) < 4.78 is 92.9. The molecular formula is C65H42ClF6N5O10. The topological polar surface area (TPSA) is 234 Å². The van der Waals surface area contributed by atoms with Crippen LogP contribution in [-0.2, 0) is 6.61 Å². The van der Waals surface area contributed by atoms with Crippen LogP contribution < -0.4 is 20.7 Å². The van der Waals surface area contributed by atoms with Crippen molar-refractivity contribution in [3.8, 4) is 39.1 Å². The first-order valence-electron chi connectivity index (χ1n) is 25.5. The molecule has 0 aliphatic rings. The molecule has 0 aliphatic carbocycles. The molecule has 0 unspecified atom stereocenters. The summed E-state index contributed by atoms with van der Waals surface area (Å²) in [6.07, 6.45) is 2.19. The number of benzene rings is 9. The van der Waals surface area contributed by atoms with Crippen LogP contribution in [-0.4, -0.2) is 60.9 Å². The summed E-state index contributed by atoms with van der Waals surface area (Å²) >= 11 is 6.04. The van der Waals surface area contributed by atoms with E-state index in [1.54, 1.807) is 78.9 Å². The lowest BCUT2D eigenvalue weighted by molar-refractivity contribution is 0.0678. The van der Waals surface area contributed by atoms with E-state index >= 15 is 0 Å². The molecular weight excluding hydrogens is 1160 g/mol. The predicted octanol–water partition coefficient (Wildman–Crippen LogP) is 14.8. The molecule has 1 heterocycles. The molecule has 0 saturated carbocycles. The molecule has 10 rings (SSSR count). The Kier molecular flexibility index (Phi) is 20.0. The molecule has 0 bridgehead atoms. The third kappa shape index (κ3) is 15.4. The maximum atomic E-state index is 14.8. The van der Waals surface area contributed by atoms with Crippen LogP contribution in [0.15, 0.2) is 207 Å². The van der Waals surface area contributed by atoms with E-state index < -0.39 is 99.0 Å². The fraction of sp³-hybridized carbons (Fsp3) is 0.0154. The number of carbonyl (C=O) groups is 6. The van der Waals surface area contributed by atoms with Crippen LogP contribution in [0.3, 0.4) is 0 Å². The average molecular weight is 1200 g/mol. The Morgan fingerprint density at radius 3 is 1.25 bits per heavy atom. The molecule has 3 amide bonds. The van der Waals surface area contributed by atoms with E-state index in [1.807, 2.05) is 35.6 Å². The molecule has 0 radical (unpaired) electrons. The number of hydrogen-bond donors (Lipinski definition) is 6. The number of carboxylic acid groups (broad SMARTS) is 3. The molecule has 0 atom stereocenters. The van der Waals surface area contributed by atoms with Crippen molar-refractivity contribution in [3.05, 3.63) is 286 Å². The summed E-state index contributed by atoms with van der Waals surface area (Å²) in [5, 5.41) is 34.0. The summed E-state index contributed by atoms with van der Waals surface area (Å²) in [6, 6.07) is 48.7. The molecule has 1 aromatic heterocycles. The number of hydrogen-bond acceptors (Lipinski definition) is 9. The van der Waals surface area contributed by atoms with E-state index in [-0.39, 0.29) is 33.4 Å². The van der Waals surface area contributed by atoms with Crippen molar-refractivity contribution < 1.29 is 75.2 Å². The van der Waals surface area contributed by atoms with Gasteiger partial charge in [-0.3, -0.25) is 14.4 Å². The maximum Gasteiger partial charge on any atom is 0.356 e. The van der Waals surface area contributed by atoms with Crippen molar-refractivity contribution in [1.29, 1.82) is 0 Å². The molecule has 0 fully saturated rings. The lowest BCUT2D eigenvalue weighted by atomic mass is 10.0. The zero-order chi connectivity index (χ0) is 62.3. The number of anilines is 3. The fourth-order valence-electron chi connectivity index (χ4n) is 8.33. The largest absolute Gasteiger partial charge is 0.489 e. The van der Waals surface area contributed by atoms with Crippen LogP contribution in [0, 0.1) is 34.9 Å². The van der Waals surface area contributed by atoms with Crippen molar-refractivity contribution in [2.24, 2.45) is 0 Å². The summed E-state index contributed by atoms with van der Waals surface area (Å²) in [5.74, 6) is -12.6. The lowest BCUT2D eigenvalue weighted by Gasteiger charge is -2.12. The number of nitrogens with zero attached hydrogens (tertiary/aromatic N) is 2. The molecule has 22 heteroatoms. The maximum absolute atomic E-state index is 14.8. The van der Waals surface area contributed by atoms with Gasteiger partial charge in [0.25, 0.3) is 17.7 Å². The molecule has 436 valence electrons. The molecule has 15 nitrogen and oxygen atoms in total. The second-order valence-electron chi connectivity index (χ2n) is 18.2. The van der Waals surface area contributed by atoms with E-state index in [0.29, 0.717) is 39.6 Å². The van der Waals surface area contributed by atoms with Crippen molar-refractivity contribution in [3.63, 3.8) is 0 Å². The summed E-state index contributed by atoms with van der Waals surface area (Å²) in [6.45, 7) is 0.332. The number of amides is 3. The van der Waals surface area contributed by atoms with Crippen LogP contribution in [0.25, 0.3) is 33.4 Å². The van der Waals surface area contributed by atoms with E-state index in [1.165, 1.54) is 48.5 Å². The highest BCUT2D eigenvalue weighted by Crippen LogP contribution is 2.34. The summed E-state index contributed by atoms with van der Waals surface area (Å²) in [4.78, 5) is 77.9. The average Bonchev–Trinajstić information content (AvgIpc) is 3.44. The van der Waals surface area contributed by atoms with Gasteiger partial charge >= 0.3 is 17.9 Å². The van der Waals surface area contributed by atoms with Crippen molar-refractivity contribution in [1.82, 2.24) is 9.97 Å². The molecule has 0 spiro atoms. The van der Waals surface area contributed by atoms with Gasteiger partial charge in [-0.15, -0.1) is 0 Å². The van der Waals surface area contributed by atoms with Gasteiger partial charge in [0.05, 0.1) is 22.3 Å². The first-order chi connectivity index (χ1) is 41.8. The molecule has 0 aliphatic heterocycles. The minimum absolute atomic E-state index is 0.189. The van der Waals surface area contributed by atoms with Crippen molar-refractivity contribution >= 4 is 64.3 Å². The van der Waals surface area contributed by atoms with E-state index in [0.717, 1.165) is 54.4 Å². The number of carboxylic acids is 3. The van der Waals surface area contributed by atoms with Crippen LogP contribution in [0.1, 0.15) is 68.0 Å². The number of aromatic carboxylic acids is 3. The van der Waals surface area contributed by atoms with Crippen LogP contribution >= 0.6 is 11.6 Å². The fourth-order valence-corrected chi connectivity index (χ4v) is 8.57. The lowest BCUT2D eigenvalue weighted by Crippen LogP contribution is -2.20. The van der Waals surface area contributed by atoms with Gasteiger partial charge in [-0.25, -0.2) is 50.7 Å². The van der Waals surface area contributed by atoms with Crippen LogP contribution in [0.4, 0.5) is 43.4 Å². The SMILES string of the molecule is O=C(O)c1ccccc1C(=O)Nc1c(F)cc(-c2ccccc2)cc1F.O=C(O)c1ccccc1C(=O)Nc1c(F)cc(-c2ccccc2Cl)cc1F.O=C(O)c1nccnc1C(=O)Nc1c(F)cc(-c2cccc(OCc3ccccc3)c2)cc1F. The molecule has 0 saturated heterocycles. The highest BCUT2D eigenvalue weighted by atomic mass is 35.5. The number of carbonyl (C=O) groups excluding carboxylic acids is 3. The van der Waals surface area contributed by atoms with Gasteiger partial charge < -0.3 is 36.0 Å². The molecule has 10 aromatic rings. The minimum atomic E-state index is -1.50. The second kappa shape index (κ2) is 28.2. The Hall–Kier alpha value is -11.5. The normalized spacial score (nSPS) is 10.5. The Balaban J connectivity index is 0.000000171.